The second-order valence-electron chi connectivity index (χ2n) is 6.78. The summed E-state index contributed by atoms with van der Waals surface area (Å²) in [5.41, 5.74) is 0. The maximum absolute atomic E-state index is 13.1. The van der Waals surface area contributed by atoms with Gasteiger partial charge < -0.3 is 0 Å². The fourth-order valence-electron chi connectivity index (χ4n) is 2.94. The molecule has 0 unspecified atom stereocenters. The summed E-state index contributed by atoms with van der Waals surface area (Å²) in [6.45, 7) is 2.14. The van der Waals surface area contributed by atoms with Gasteiger partial charge in [0, 0.05) is 0 Å². The van der Waals surface area contributed by atoms with E-state index in [1.165, 1.54) is 24.3 Å². The molecule has 0 N–H and O–H groups in total. The summed E-state index contributed by atoms with van der Waals surface area (Å²) in [5, 5.41) is 0.941. The smallest absolute Gasteiger partial charge is 0.203 e. The van der Waals surface area contributed by atoms with Gasteiger partial charge in [0.1, 0.15) is 0 Å². The number of unbranched alkanes of at least 4 members (excludes halogenated alkanes) is 5. The Morgan fingerprint density at radius 1 is 0.714 bits per heavy atom. The molecule has 0 amide bonds. The van der Waals surface area contributed by atoms with E-state index < -0.39 is 19.7 Å². The van der Waals surface area contributed by atoms with Gasteiger partial charge in [-0.2, -0.15) is 0 Å². The quantitative estimate of drug-likeness (QED) is 0.448. The molecular formula is C22H28O4S2. The highest BCUT2D eigenvalue weighted by Gasteiger charge is 2.24. The number of hydrogen-bond donors (Lipinski definition) is 0. The Balaban J connectivity index is 2.31. The standard InChI is InChI=1S/C22H28O4S2/c1-2-3-4-5-6-9-18-22(28(25,26)21-16-12-8-13-17-21)19-27(23,24)20-14-10-7-11-15-20/h7-8,10-17,19H,2-6,9,18H2,1H3/b22-19-. The molecule has 0 spiro atoms. The highest BCUT2D eigenvalue weighted by atomic mass is 32.2. The normalized spacial score (nSPS) is 12.8. The summed E-state index contributed by atoms with van der Waals surface area (Å²) in [4.78, 5) is 0.173. The van der Waals surface area contributed by atoms with Gasteiger partial charge in [0.05, 0.1) is 20.1 Å². The van der Waals surface area contributed by atoms with Crippen LogP contribution < -0.4 is 0 Å². The van der Waals surface area contributed by atoms with Crippen molar-refractivity contribution in [3.05, 3.63) is 71.0 Å². The number of sulfone groups is 2. The lowest BCUT2D eigenvalue weighted by molar-refractivity contribution is 0.588. The van der Waals surface area contributed by atoms with Gasteiger partial charge in [-0.05, 0) is 37.1 Å². The third-order valence-electron chi connectivity index (χ3n) is 4.53. The van der Waals surface area contributed by atoms with E-state index in [1.54, 1.807) is 36.4 Å². The number of benzene rings is 2. The van der Waals surface area contributed by atoms with Gasteiger partial charge in [0.15, 0.2) is 0 Å². The summed E-state index contributed by atoms with van der Waals surface area (Å²) < 4.78 is 51.7. The minimum absolute atomic E-state index is 0.0435. The molecular weight excluding hydrogens is 392 g/mol. The topological polar surface area (TPSA) is 68.3 Å². The second-order valence-corrected chi connectivity index (χ2v) is 10.6. The maximum Gasteiger partial charge on any atom is 0.203 e. The zero-order valence-electron chi connectivity index (χ0n) is 16.3. The summed E-state index contributed by atoms with van der Waals surface area (Å²) in [5.74, 6) is 0. The lowest BCUT2D eigenvalue weighted by atomic mass is 10.1. The molecule has 0 bridgehead atoms. The van der Waals surface area contributed by atoms with Crippen molar-refractivity contribution in [1.29, 1.82) is 0 Å². The first-order valence-corrected chi connectivity index (χ1v) is 12.7. The minimum atomic E-state index is -3.86. The summed E-state index contributed by atoms with van der Waals surface area (Å²) in [7, 11) is -7.70. The molecule has 2 aromatic carbocycles. The van der Waals surface area contributed by atoms with Crippen molar-refractivity contribution < 1.29 is 16.8 Å². The first kappa shape index (κ1) is 22.4. The summed E-state index contributed by atoms with van der Waals surface area (Å²) in [6, 6.07) is 15.9. The van der Waals surface area contributed by atoms with Gasteiger partial charge in [0.2, 0.25) is 19.7 Å². The van der Waals surface area contributed by atoms with Crippen molar-refractivity contribution in [3.63, 3.8) is 0 Å². The van der Waals surface area contributed by atoms with Crippen LogP contribution >= 0.6 is 0 Å². The van der Waals surface area contributed by atoms with Gasteiger partial charge >= 0.3 is 0 Å². The molecule has 0 saturated heterocycles. The lowest BCUT2D eigenvalue weighted by Crippen LogP contribution is -2.08. The first-order valence-electron chi connectivity index (χ1n) is 9.69. The van der Waals surface area contributed by atoms with E-state index in [0.717, 1.165) is 37.5 Å². The van der Waals surface area contributed by atoms with E-state index >= 15 is 0 Å². The Kier molecular flexibility index (Phi) is 8.45. The van der Waals surface area contributed by atoms with Crippen LogP contribution in [0.1, 0.15) is 51.9 Å². The molecule has 0 fully saturated rings. The highest BCUT2D eigenvalue weighted by molar-refractivity contribution is 7.98. The summed E-state index contributed by atoms with van der Waals surface area (Å²) in [6.07, 6.45) is 6.19. The monoisotopic (exact) mass is 420 g/mol. The van der Waals surface area contributed by atoms with Gasteiger partial charge in [-0.3, -0.25) is 0 Å². The predicted molar refractivity (Wildman–Crippen MR) is 113 cm³/mol. The van der Waals surface area contributed by atoms with Crippen molar-refractivity contribution in [2.24, 2.45) is 0 Å². The Morgan fingerprint density at radius 3 is 1.79 bits per heavy atom. The van der Waals surface area contributed by atoms with Crippen LogP contribution in [0, 0.1) is 0 Å². The van der Waals surface area contributed by atoms with E-state index in [1.807, 2.05) is 0 Å². The van der Waals surface area contributed by atoms with E-state index in [4.69, 9.17) is 0 Å². The number of hydrogen-bond acceptors (Lipinski definition) is 4. The van der Waals surface area contributed by atoms with Crippen LogP contribution in [0.5, 0.6) is 0 Å². The molecule has 2 rings (SSSR count). The van der Waals surface area contributed by atoms with Gasteiger partial charge in [0.25, 0.3) is 0 Å². The van der Waals surface area contributed by atoms with Crippen LogP contribution in [-0.4, -0.2) is 16.8 Å². The van der Waals surface area contributed by atoms with Crippen molar-refractivity contribution in [1.82, 2.24) is 0 Å². The zero-order chi connectivity index (χ0) is 20.5. The van der Waals surface area contributed by atoms with Crippen molar-refractivity contribution >= 4 is 19.7 Å². The van der Waals surface area contributed by atoms with E-state index in [2.05, 4.69) is 6.92 Å². The molecule has 6 heteroatoms. The first-order chi connectivity index (χ1) is 13.4. The third kappa shape index (κ3) is 6.31. The Morgan fingerprint density at radius 2 is 1.21 bits per heavy atom. The van der Waals surface area contributed by atoms with Crippen molar-refractivity contribution in [3.8, 4) is 0 Å². The lowest BCUT2D eigenvalue weighted by Gasteiger charge is -2.10. The maximum atomic E-state index is 13.1. The molecule has 0 aliphatic rings. The largest absolute Gasteiger partial charge is 0.219 e. The number of allylic oxidation sites excluding steroid dienone is 1. The van der Waals surface area contributed by atoms with Gasteiger partial charge in [-0.25, -0.2) is 16.8 Å². The summed E-state index contributed by atoms with van der Waals surface area (Å²) >= 11 is 0. The average molecular weight is 421 g/mol. The van der Waals surface area contributed by atoms with Crippen molar-refractivity contribution in [2.75, 3.05) is 0 Å². The van der Waals surface area contributed by atoms with Crippen molar-refractivity contribution in [2.45, 2.75) is 61.7 Å². The fourth-order valence-corrected chi connectivity index (χ4v) is 6.19. The zero-order valence-corrected chi connectivity index (χ0v) is 17.9. The van der Waals surface area contributed by atoms with Gasteiger partial charge in [-0.1, -0.05) is 75.4 Å². The Labute approximate surface area is 169 Å². The average Bonchev–Trinajstić information content (AvgIpc) is 2.71. The van der Waals surface area contributed by atoms with Crippen LogP contribution in [-0.2, 0) is 19.7 Å². The third-order valence-corrected chi connectivity index (χ3v) is 8.11. The van der Waals surface area contributed by atoms with Crippen LogP contribution in [0.3, 0.4) is 0 Å². The predicted octanol–water partition coefficient (Wildman–Crippen LogP) is 5.53. The molecule has 2 aromatic rings. The van der Waals surface area contributed by atoms with E-state index in [0.29, 0.717) is 6.42 Å². The Bertz CT molecular complexity index is 962. The molecule has 0 aliphatic heterocycles. The molecule has 28 heavy (non-hydrogen) atoms. The highest BCUT2D eigenvalue weighted by Crippen LogP contribution is 2.27. The molecule has 0 atom stereocenters. The van der Waals surface area contributed by atoms with Crippen LogP contribution in [0.15, 0.2) is 80.8 Å². The molecule has 0 aromatic heterocycles. The molecule has 0 aliphatic carbocycles. The minimum Gasteiger partial charge on any atom is -0.219 e. The number of rotatable bonds is 11. The molecule has 0 heterocycles. The van der Waals surface area contributed by atoms with Crippen LogP contribution in [0.25, 0.3) is 0 Å². The molecule has 0 saturated carbocycles. The van der Waals surface area contributed by atoms with E-state index in [-0.39, 0.29) is 21.1 Å². The molecule has 4 nitrogen and oxygen atoms in total. The second kappa shape index (κ2) is 10.6. The fraction of sp³-hybridized carbons (Fsp3) is 0.364. The van der Waals surface area contributed by atoms with Crippen LogP contribution in [0.4, 0.5) is 0 Å². The van der Waals surface area contributed by atoms with Gasteiger partial charge in [-0.15, -0.1) is 0 Å². The molecule has 152 valence electrons. The Hall–Kier alpha value is -1.92. The van der Waals surface area contributed by atoms with Crippen LogP contribution in [0.2, 0.25) is 0 Å². The van der Waals surface area contributed by atoms with E-state index in [9.17, 15) is 16.8 Å². The SMILES string of the molecule is CCCCCCCC/C(=C/S(=O)(=O)c1ccccc1)S(=O)(=O)c1ccccc1. The molecule has 0 radical (unpaired) electrons.